The number of aryl methyl sites for hydroxylation is 2. The van der Waals surface area contributed by atoms with Gasteiger partial charge in [0.1, 0.15) is 11.5 Å². The molecule has 0 fully saturated rings. The van der Waals surface area contributed by atoms with E-state index in [0.717, 1.165) is 24.3 Å². The maximum atomic E-state index is 6.99. The van der Waals surface area contributed by atoms with Crippen LogP contribution in [-0.2, 0) is 12.8 Å². The van der Waals surface area contributed by atoms with Crippen LogP contribution in [0.25, 0.3) is 93.1 Å². The molecule has 10 aromatic rings. The van der Waals surface area contributed by atoms with E-state index in [9.17, 15) is 0 Å². The SMILES string of the molecule is CC(C)[Si](Oc1ccc2cc(C=Cc3ccc(/C=C\c4ccc(C=Cc5ccc6ccc(C=Cc7ccc(/C=C\c8ccc(CCc9ccc%10cc(O[Si](C(C)C)(C(C)C)C(C)C)ccc%10c9)cc8)cc7)cc6c5)cc4)cc3)ccc2c1)(C(C)C)C(C)C. The molecule has 0 radical (unpaired) electrons. The summed E-state index contributed by atoms with van der Waals surface area (Å²) in [4.78, 5) is 0. The lowest BCUT2D eigenvalue weighted by atomic mass is 10.00. The smallest absolute Gasteiger partial charge is 0.258 e. The molecule has 10 aromatic carbocycles. The van der Waals surface area contributed by atoms with E-state index in [1.165, 1.54) is 99.1 Å². The van der Waals surface area contributed by atoms with Crippen molar-refractivity contribution in [2.75, 3.05) is 0 Å². The van der Waals surface area contributed by atoms with Gasteiger partial charge in [0.2, 0.25) is 0 Å². The molecule has 4 heteroatoms. The van der Waals surface area contributed by atoms with Crippen LogP contribution in [0.5, 0.6) is 11.5 Å². The molecule has 0 spiro atoms. The average molecular weight is 1190 g/mol. The van der Waals surface area contributed by atoms with Gasteiger partial charge in [0.15, 0.2) is 0 Å². The molecule has 0 aliphatic heterocycles. The van der Waals surface area contributed by atoms with E-state index in [1.54, 1.807) is 0 Å². The number of hydrogen-bond acceptors (Lipinski definition) is 2. The molecule has 0 saturated carbocycles. The van der Waals surface area contributed by atoms with Crippen molar-refractivity contribution in [2.24, 2.45) is 0 Å². The summed E-state index contributed by atoms with van der Waals surface area (Å²) in [5.41, 5.74) is 17.7. The summed E-state index contributed by atoms with van der Waals surface area (Å²) in [6.07, 6.45) is 24.0. The molecule has 0 heterocycles. The topological polar surface area (TPSA) is 18.5 Å². The predicted octanol–water partition coefficient (Wildman–Crippen LogP) is 24.9. The van der Waals surface area contributed by atoms with E-state index in [1.807, 2.05) is 0 Å². The van der Waals surface area contributed by atoms with E-state index >= 15 is 0 Å². The lowest BCUT2D eigenvalue weighted by Gasteiger charge is -2.42. The molecule has 10 rings (SSSR count). The van der Waals surface area contributed by atoms with Gasteiger partial charge in [0, 0.05) is 0 Å². The maximum absolute atomic E-state index is 6.99. The summed E-state index contributed by atoms with van der Waals surface area (Å²) in [7, 11) is -4.01. The highest BCUT2D eigenvalue weighted by atomic mass is 28.4. The molecule has 0 unspecified atom stereocenters. The van der Waals surface area contributed by atoms with Crippen LogP contribution in [0.3, 0.4) is 0 Å². The summed E-state index contributed by atoms with van der Waals surface area (Å²) in [5.74, 6) is 2.02. The Kier molecular flexibility index (Phi) is 20.1. The minimum Gasteiger partial charge on any atom is -0.543 e. The number of rotatable bonds is 23. The van der Waals surface area contributed by atoms with Crippen molar-refractivity contribution in [3.63, 3.8) is 0 Å². The Hall–Kier alpha value is -8.29. The molecule has 0 amide bonds. The van der Waals surface area contributed by atoms with Crippen molar-refractivity contribution in [3.8, 4) is 11.5 Å². The Bertz CT molecular complexity index is 4090. The zero-order chi connectivity index (χ0) is 62.0. The number of fused-ring (bicyclic) bond motifs is 3. The van der Waals surface area contributed by atoms with Crippen molar-refractivity contribution in [1.82, 2.24) is 0 Å². The molecule has 0 aliphatic carbocycles. The van der Waals surface area contributed by atoms with E-state index in [0.29, 0.717) is 33.2 Å². The molecular weight excluding hydrogens is 1100 g/mol. The zero-order valence-electron chi connectivity index (χ0n) is 54.1. The maximum Gasteiger partial charge on any atom is 0.258 e. The minimum absolute atomic E-state index is 0.537. The Morgan fingerprint density at radius 3 is 0.795 bits per heavy atom. The molecule has 0 aliphatic rings. The van der Waals surface area contributed by atoms with Crippen molar-refractivity contribution in [3.05, 3.63) is 273 Å². The van der Waals surface area contributed by atoms with Gasteiger partial charge in [0.25, 0.3) is 16.6 Å². The minimum atomic E-state index is -2.01. The second-order valence-electron chi connectivity index (χ2n) is 26.2. The standard InChI is InChI=1S/C84H90O2Si2/c1-59(2)87(60(3)4,61(5)6)85-83-51-49-78-53-73(43-47-80(78)57-83)37-33-69-25-17-65(18-26-69)13-15-67-21-29-71(30-22-67)35-39-75-41-45-77-46-42-76(56-82(77)55-75)40-36-72-31-23-68(24-32-72)16-14-66-19-27-70(28-20-66)34-38-74-44-48-81-58-84(52-50-79(81)54-74)86-88(62(7)8,63(9)10)64(11)12/h13-33,35-37,39-64H,34,38H2,1-12H3/b15-13-,16-14-,37-33?,39-35?,40-36?. The first kappa shape index (κ1) is 62.8. The van der Waals surface area contributed by atoms with Crippen LogP contribution in [0.4, 0.5) is 0 Å². The summed E-state index contributed by atoms with van der Waals surface area (Å²) in [5, 5.41) is 7.42. The van der Waals surface area contributed by atoms with Crippen LogP contribution >= 0.6 is 0 Å². The molecule has 0 aromatic heterocycles. The van der Waals surface area contributed by atoms with Crippen LogP contribution in [-0.4, -0.2) is 16.6 Å². The first-order valence-electron chi connectivity index (χ1n) is 32.2. The average Bonchev–Trinajstić information content (AvgIpc) is 1.17. The molecule has 446 valence electrons. The Morgan fingerprint density at radius 2 is 0.455 bits per heavy atom. The van der Waals surface area contributed by atoms with Gasteiger partial charge in [-0.3, -0.25) is 0 Å². The van der Waals surface area contributed by atoms with Gasteiger partial charge in [-0.1, -0.05) is 308 Å². The lowest BCUT2D eigenvalue weighted by Crippen LogP contribution is -2.50. The summed E-state index contributed by atoms with van der Waals surface area (Å²) >= 11 is 0. The Balaban J connectivity index is 0.677. The second kappa shape index (κ2) is 28.3. The van der Waals surface area contributed by atoms with Crippen LogP contribution < -0.4 is 8.85 Å². The normalized spacial score (nSPS) is 12.8. The monoisotopic (exact) mass is 1190 g/mol. The largest absolute Gasteiger partial charge is 0.543 e. The molecule has 0 saturated heterocycles. The highest BCUT2D eigenvalue weighted by Gasteiger charge is 2.48. The number of benzene rings is 10. The third-order valence-electron chi connectivity index (χ3n) is 18.4. The van der Waals surface area contributed by atoms with Gasteiger partial charge < -0.3 is 8.85 Å². The fourth-order valence-corrected chi connectivity index (χ4v) is 24.2. The van der Waals surface area contributed by atoms with Crippen LogP contribution in [0, 0.1) is 0 Å². The van der Waals surface area contributed by atoms with Gasteiger partial charge in [0.05, 0.1) is 0 Å². The Morgan fingerprint density at radius 1 is 0.227 bits per heavy atom. The number of hydrogen-bond donors (Lipinski definition) is 0. The molecule has 0 N–H and O–H groups in total. The molecular formula is C84H90O2Si2. The fourth-order valence-electron chi connectivity index (χ4n) is 13.7. The highest BCUT2D eigenvalue weighted by molar-refractivity contribution is 6.78. The highest BCUT2D eigenvalue weighted by Crippen LogP contribution is 2.45. The zero-order valence-corrected chi connectivity index (χ0v) is 56.1. The van der Waals surface area contributed by atoms with E-state index in [2.05, 4.69) is 350 Å². The van der Waals surface area contributed by atoms with Crippen molar-refractivity contribution < 1.29 is 8.85 Å². The quantitative estimate of drug-likeness (QED) is 0.0469. The summed E-state index contributed by atoms with van der Waals surface area (Å²) in [6.45, 7) is 28.1. The second-order valence-corrected chi connectivity index (χ2v) is 37.0. The van der Waals surface area contributed by atoms with Crippen LogP contribution in [0.2, 0.25) is 33.2 Å². The molecule has 0 atom stereocenters. The van der Waals surface area contributed by atoms with Crippen LogP contribution in [0.15, 0.2) is 206 Å². The molecule has 2 nitrogen and oxygen atoms in total. The van der Waals surface area contributed by atoms with Crippen molar-refractivity contribution in [1.29, 1.82) is 0 Å². The van der Waals surface area contributed by atoms with Gasteiger partial charge in [-0.25, -0.2) is 0 Å². The lowest BCUT2D eigenvalue weighted by molar-refractivity contribution is 0.480. The molecule has 88 heavy (non-hydrogen) atoms. The van der Waals surface area contributed by atoms with Gasteiger partial charge in [-0.05, 0) is 188 Å². The predicted molar refractivity (Wildman–Crippen MR) is 393 cm³/mol. The van der Waals surface area contributed by atoms with Crippen molar-refractivity contribution >= 4 is 110 Å². The molecule has 0 bridgehead atoms. The van der Waals surface area contributed by atoms with Crippen molar-refractivity contribution in [2.45, 2.75) is 129 Å². The first-order chi connectivity index (χ1) is 42.4. The third-order valence-corrected chi connectivity index (χ3v) is 30.4. The van der Waals surface area contributed by atoms with Gasteiger partial charge >= 0.3 is 0 Å². The van der Waals surface area contributed by atoms with E-state index in [-0.39, 0.29) is 0 Å². The third kappa shape index (κ3) is 15.2. The van der Waals surface area contributed by atoms with Gasteiger partial charge in [-0.15, -0.1) is 0 Å². The Labute approximate surface area is 529 Å². The van der Waals surface area contributed by atoms with E-state index in [4.69, 9.17) is 8.85 Å². The summed E-state index contributed by atoms with van der Waals surface area (Å²) < 4.78 is 14.0. The van der Waals surface area contributed by atoms with Crippen LogP contribution in [0.1, 0.15) is 150 Å². The summed E-state index contributed by atoms with van der Waals surface area (Å²) in [6, 6.07) is 75.5. The van der Waals surface area contributed by atoms with E-state index < -0.39 is 16.6 Å². The fraction of sp³-hybridized carbons (Fsp3) is 0.238. The first-order valence-corrected chi connectivity index (χ1v) is 36.5. The van der Waals surface area contributed by atoms with Gasteiger partial charge in [-0.2, -0.15) is 0 Å².